The third-order valence-corrected chi connectivity index (χ3v) is 4.51. The fourth-order valence-electron chi connectivity index (χ4n) is 1.94. The summed E-state index contributed by atoms with van der Waals surface area (Å²) in [6, 6.07) is 6.52. The molecule has 0 amide bonds. The van der Waals surface area contributed by atoms with Gasteiger partial charge in [0, 0.05) is 10.9 Å². The maximum atomic E-state index is 8.77. The lowest BCUT2D eigenvalue weighted by atomic mass is 10.1. The number of nitrogens with zero attached hydrogens (tertiary/aromatic N) is 1. The maximum absolute atomic E-state index is 8.77. The molecule has 0 radical (unpaired) electrons. The number of nitrogens with one attached hydrogen (secondary N) is 1. The Balaban J connectivity index is 1.82. The molecule has 86 valence electrons. The van der Waals surface area contributed by atoms with Crippen LogP contribution in [0.2, 0.25) is 0 Å². The predicted octanol–water partition coefficient (Wildman–Crippen LogP) is 3.32. The first-order chi connectivity index (χ1) is 7.70. The molecule has 0 saturated heterocycles. The van der Waals surface area contributed by atoms with Crippen molar-refractivity contribution in [2.75, 3.05) is 6.54 Å². The lowest BCUT2D eigenvalue weighted by Gasteiger charge is -2.16. The van der Waals surface area contributed by atoms with Gasteiger partial charge in [-0.25, -0.2) is 0 Å². The Labute approximate surface area is 101 Å². The predicted molar refractivity (Wildman–Crippen MR) is 67.3 cm³/mol. The van der Waals surface area contributed by atoms with Crippen molar-refractivity contribution in [1.29, 1.82) is 5.26 Å². The fourth-order valence-corrected chi connectivity index (χ4v) is 2.77. The molecule has 1 heterocycles. The SMILES string of the molecule is CC(NCC(C)C1CC1)c1ccc(C#N)s1. The van der Waals surface area contributed by atoms with Gasteiger partial charge in [-0.15, -0.1) is 11.3 Å². The third kappa shape index (κ3) is 2.84. The minimum absolute atomic E-state index is 0.369. The molecule has 1 fully saturated rings. The molecule has 16 heavy (non-hydrogen) atoms. The molecule has 2 nitrogen and oxygen atoms in total. The minimum atomic E-state index is 0.369. The Kier molecular flexibility index (Phi) is 3.63. The fraction of sp³-hybridized carbons (Fsp3) is 0.615. The average molecular weight is 234 g/mol. The molecule has 1 N–H and O–H groups in total. The highest BCUT2D eigenvalue weighted by molar-refractivity contribution is 7.12. The second-order valence-electron chi connectivity index (χ2n) is 4.76. The van der Waals surface area contributed by atoms with Crippen molar-refractivity contribution >= 4 is 11.3 Å². The Bertz CT molecular complexity index is 387. The number of hydrogen-bond acceptors (Lipinski definition) is 3. The van der Waals surface area contributed by atoms with E-state index in [9.17, 15) is 0 Å². The summed E-state index contributed by atoms with van der Waals surface area (Å²) in [5.74, 6) is 1.75. The second-order valence-corrected chi connectivity index (χ2v) is 5.87. The van der Waals surface area contributed by atoms with E-state index in [1.54, 1.807) is 11.3 Å². The molecular formula is C13H18N2S. The molecule has 2 rings (SSSR count). The molecule has 3 heteroatoms. The van der Waals surface area contributed by atoms with Gasteiger partial charge in [0.15, 0.2) is 0 Å². The minimum Gasteiger partial charge on any atom is -0.309 e. The molecule has 1 saturated carbocycles. The van der Waals surface area contributed by atoms with Gasteiger partial charge >= 0.3 is 0 Å². The van der Waals surface area contributed by atoms with Crippen molar-refractivity contribution < 1.29 is 0 Å². The van der Waals surface area contributed by atoms with Crippen LogP contribution in [-0.4, -0.2) is 6.54 Å². The van der Waals surface area contributed by atoms with E-state index in [2.05, 4.69) is 31.3 Å². The van der Waals surface area contributed by atoms with Crippen molar-refractivity contribution in [3.63, 3.8) is 0 Å². The van der Waals surface area contributed by atoms with Gasteiger partial charge in [-0.1, -0.05) is 6.92 Å². The van der Waals surface area contributed by atoms with E-state index in [0.29, 0.717) is 6.04 Å². The molecule has 0 spiro atoms. The monoisotopic (exact) mass is 234 g/mol. The average Bonchev–Trinajstić information content (AvgIpc) is 3.03. The summed E-state index contributed by atoms with van der Waals surface area (Å²) in [6.45, 7) is 5.59. The van der Waals surface area contributed by atoms with Gasteiger partial charge in [-0.3, -0.25) is 0 Å². The Morgan fingerprint density at radius 3 is 2.81 bits per heavy atom. The third-order valence-electron chi connectivity index (χ3n) is 3.34. The molecule has 0 bridgehead atoms. The summed E-state index contributed by atoms with van der Waals surface area (Å²) >= 11 is 1.59. The van der Waals surface area contributed by atoms with Crippen molar-refractivity contribution in [3.8, 4) is 6.07 Å². The van der Waals surface area contributed by atoms with Crippen LogP contribution >= 0.6 is 11.3 Å². The number of nitriles is 1. The quantitative estimate of drug-likeness (QED) is 0.848. The second kappa shape index (κ2) is 4.99. The first kappa shape index (κ1) is 11.6. The van der Waals surface area contributed by atoms with Crippen LogP contribution in [0.25, 0.3) is 0 Å². The van der Waals surface area contributed by atoms with Crippen LogP contribution in [0.15, 0.2) is 12.1 Å². The molecule has 1 aromatic rings. The van der Waals surface area contributed by atoms with E-state index in [-0.39, 0.29) is 0 Å². The summed E-state index contributed by atoms with van der Waals surface area (Å²) in [7, 11) is 0. The van der Waals surface area contributed by atoms with Crippen LogP contribution in [0.4, 0.5) is 0 Å². The zero-order valence-corrected chi connectivity index (χ0v) is 10.7. The first-order valence-electron chi connectivity index (χ1n) is 5.94. The number of thiophene rings is 1. The van der Waals surface area contributed by atoms with Crippen LogP contribution in [0.5, 0.6) is 0 Å². The van der Waals surface area contributed by atoms with Crippen LogP contribution in [0.1, 0.15) is 42.5 Å². The van der Waals surface area contributed by atoms with Crippen molar-refractivity contribution in [2.24, 2.45) is 11.8 Å². The zero-order chi connectivity index (χ0) is 11.5. The van der Waals surface area contributed by atoms with E-state index in [4.69, 9.17) is 5.26 Å². The Hall–Kier alpha value is -0.850. The molecule has 2 unspecified atom stereocenters. The van der Waals surface area contributed by atoms with Crippen molar-refractivity contribution in [1.82, 2.24) is 5.32 Å². The van der Waals surface area contributed by atoms with Gasteiger partial charge in [0.2, 0.25) is 0 Å². The van der Waals surface area contributed by atoms with Crippen LogP contribution in [0.3, 0.4) is 0 Å². The van der Waals surface area contributed by atoms with E-state index in [1.807, 2.05) is 6.07 Å². The van der Waals surface area contributed by atoms with Crippen molar-refractivity contribution in [2.45, 2.75) is 32.7 Å². The smallest absolute Gasteiger partial charge is 0.110 e. The summed E-state index contributed by atoms with van der Waals surface area (Å²) in [5.41, 5.74) is 0. The number of hydrogen-bond donors (Lipinski definition) is 1. The van der Waals surface area contributed by atoms with Crippen molar-refractivity contribution in [3.05, 3.63) is 21.9 Å². The van der Waals surface area contributed by atoms with Crippen LogP contribution < -0.4 is 5.32 Å². The normalized spacial score (nSPS) is 19.1. The van der Waals surface area contributed by atoms with Crippen LogP contribution in [0, 0.1) is 23.2 Å². The summed E-state index contributed by atoms with van der Waals surface area (Å²) in [6.07, 6.45) is 2.82. The molecule has 1 aliphatic rings. The molecule has 0 aliphatic heterocycles. The summed E-state index contributed by atoms with van der Waals surface area (Å²) in [5, 5.41) is 12.3. The highest BCUT2D eigenvalue weighted by atomic mass is 32.1. The standard InChI is InChI=1S/C13H18N2S/c1-9(11-3-4-11)8-15-10(2)13-6-5-12(7-14)16-13/h5-6,9-11,15H,3-4,8H2,1-2H3. The van der Waals surface area contributed by atoms with E-state index < -0.39 is 0 Å². The topological polar surface area (TPSA) is 35.8 Å². The summed E-state index contributed by atoms with van der Waals surface area (Å²) in [4.78, 5) is 2.07. The Morgan fingerprint density at radius 1 is 1.50 bits per heavy atom. The first-order valence-corrected chi connectivity index (χ1v) is 6.75. The lowest BCUT2D eigenvalue weighted by Crippen LogP contribution is -2.24. The van der Waals surface area contributed by atoms with Crippen LogP contribution in [-0.2, 0) is 0 Å². The van der Waals surface area contributed by atoms with E-state index in [1.165, 1.54) is 17.7 Å². The Morgan fingerprint density at radius 2 is 2.25 bits per heavy atom. The highest BCUT2D eigenvalue weighted by Crippen LogP contribution is 2.36. The van der Waals surface area contributed by atoms with Gasteiger partial charge in [-0.05, 0) is 50.3 Å². The molecule has 1 aromatic heterocycles. The number of rotatable bonds is 5. The van der Waals surface area contributed by atoms with E-state index >= 15 is 0 Å². The summed E-state index contributed by atoms with van der Waals surface area (Å²) < 4.78 is 0. The van der Waals surface area contributed by atoms with Gasteiger partial charge in [0.25, 0.3) is 0 Å². The lowest BCUT2D eigenvalue weighted by molar-refractivity contribution is 0.434. The molecular weight excluding hydrogens is 216 g/mol. The van der Waals surface area contributed by atoms with Gasteiger partial charge in [0.05, 0.1) is 0 Å². The largest absolute Gasteiger partial charge is 0.309 e. The molecule has 0 aromatic carbocycles. The maximum Gasteiger partial charge on any atom is 0.110 e. The van der Waals surface area contributed by atoms with E-state index in [0.717, 1.165) is 23.3 Å². The molecule has 1 aliphatic carbocycles. The highest BCUT2D eigenvalue weighted by Gasteiger charge is 2.27. The van der Waals surface area contributed by atoms with Gasteiger partial charge < -0.3 is 5.32 Å². The zero-order valence-electron chi connectivity index (χ0n) is 9.86. The van der Waals surface area contributed by atoms with Gasteiger partial charge in [-0.2, -0.15) is 5.26 Å². The molecule has 2 atom stereocenters. The van der Waals surface area contributed by atoms with Gasteiger partial charge in [0.1, 0.15) is 10.9 Å².